The lowest BCUT2D eigenvalue weighted by molar-refractivity contribution is -0.132. The molecule has 3 aliphatic carbocycles. The molecule has 0 amide bonds. The Balaban J connectivity index is 1.76. The number of carbonyl (C=O) groups is 1. The highest BCUT2D eigenvalue weighted by Crippen LogP contribution is 2.60. The molecule has 1 unspecified atom stereocenters. The Morgan fingerprint density at radius 3 is 2.87 bits per heavy atom. The smallest absolute Gasteiger partial charge is 0.171 e. The van der Waals surface area contributed by atoms with Gasteiger partial charge in [-0.25, -0.2) is 4.39 Å². The van der Waals surface area contributed by atoms with Crippen molar-refractivity contribution in [3.63, 3.8) is 0 Å². The zero-order valence-electron chi connectivity index (χ0n) is 13.0. The van der Waals surface area contributed by atoms with Crippen LogP contribution in [0.15, 0.2) is 24.8 Å². The number of hydrogen-bond acceptors (Lipinski definition) is 3. The molecule has 4 rings (SSSR count). The van der Waals surface area contributed by atoms with Gasteiger partial charge in [0.1, 0.15) is 6.10 Å². The van der Waals surface area contributed by atoms with E-state index in [0.29, 0.717) is 12.8 Å². The molecular weight excluding hydrogens is 295 g/mol. The second kappa shape index (κ2) is 4.91. The van der Waals surface area contributed by atoms with Gasteiger partial charge in [0.05, 0.1) is 5.41 Å². The molecule has 3 aliphatic rings. The van der Waals surface area contributed by atoms with Crippen molar-refractivity contribution in [2.24, 2.45) is 17.3 Å². The number of aliphatic hydroxyl groups is 1. The van der Waals surface area contributed by atoms with Crippen LogP contribution in [0.5, 0.6) is 5.75 Å². The van der Waals surface area contributed by atoms with E-state index in [1.54, 1.807) is 12.1 Å². The van der Waals surface area contributed by atoms with Gasteiger partial charge in [0.2, 0.25) is 0 Å². The number of aliphatic hydroxyl groups excluding tert-OH is 1. The highest BCUT2D eigenvalue weighted by atomic mass is 19.1. The monoisotopic (exact) mass is 316 g/mol. The molecule has 3 nitrogen and oxygen atoms in total. The summed E-state index contributed by atoms with van der Waals surface area (Å²) in [5.41, 5.74) is 1.39. The highest BCUT2D eigenvalue weighted by Gasteiger charge is 2.59. The fourth-order valence-electron chi connectivity index (χ4n) is 5.45. The number of phenols is 1. The van der Waals surface area contributed by atoms with Crippen LogP contribution in [0.3, 0.4) is 0 Å². The first-order valence-electron chi connectivity index (χ1n) is 8.35. The summed E-state index contributed by atoms with van der Waals surface area (Å²) in [7, 11) is 0. The predicted molar refractivity (Wildman–Crippen MR) is 83.6 cm³/mol. The van der Waals surface area contributed by atoms with Gasteiger partial charge in [0.25, 0.3) is 0 Å². The van der Waals surface area contributed by atoms with Crippen LogP contribution in [0.2, 0.25) is 0 Å². The van der Waals surface area contributed by atoms with Crippen LogP contribution in [0, 0.1) is 23.1 Å². The number of rotatable bonds is 1. The van der Waals surface area contributed by atoms with E-state index >= 15 is 0 Å². The largest absolute Gasteiger partial charge is 0.505 e. The van der Waals surface area contributed by atoms with E-state index in [9.17, 15) is 19.4 Å². The summed E-state index contributed by atoms with van der Waals surface area (Å²) in [5, 5.41) is 19.7. The molecule has 5 atom stereocenters. The quantitative estimate of drug-likeness (QED) is 0.783. The molecule has 0 saturated heterocycles. The summed E-state index contributed by atoms with van der Waals surface area (Å²) < 4.78 is 13.8. The van der Waals surface area contributed by atoms with E-state index in [1.807, 2.05) is 0 Å². The van der Waals surface area contributed by atoms with Crippen molar-refractivity contribution in [3.05, 3.63) is 41.7 Å². The van der Waals surface area contributed by atoms with Crippen LogP contribution in [0.4, 0.5) is 4.39 Å². The molecule has 0 spiro atoms. The Labute approximate surface area is 134 Å². The zero-order valence-corrected chi connectivity index (χ0v) is 13.0. The molecule has 2 N–H and O–H groups in total. The van der Waals surface area contributed by atoms with Crippen LogP contribution in [0.25, 0.3) is 0 Å². The molecule has 2 fully saturated rings. The third-order valence-corrected chi connectivity index (χ3v) is 6.52. The highest BCUT2D eigenvalue weighted by molar-refractivity contribution is 5.93. The Kier molecular flexibility index (Phi) is 3.17. The van der Waals surface area contributed by atoms with E-state index in [-0.39, 0.29) is 29.3 Å². The third-order valence-electron chi connectivity index (χ3n) is 6.52. The van der Waals surface area contributed by atoms with Crippen molar-refractivity contribution in [1.82, 2.24) is 0 Å². The van der Waals surface area contributed by atoms with Gasteiger partial charge in [-0.05, 0) is 73.1 Å². The molecule has 0 bridgehead atoms. The van der Waals surface area contributed by atoms with Crippen LogP contribution in [0.1, 0.15) is 42.7 Å². The molecular formula is C19H21FO3. The second-order valence-electron chi connectivity index (χ2n) is 7.32. The summed E-state index contributed by atoms with van der Waals surface area (Å²) in [6, 6.07) is 3.01. The predicted octanol–water partition coefficient (Wildman–Crippen LogP) is 3.09. The van der Waals surface area contributed by atoms with Crippen LogP contribution in [-0.2, 0) is 11.2 Å². The molecule has 0 aromatic heterocycles. The first-order valence-corrected chi connectivity index (χ1v) is 8.35. The van der Waals surface area contributed by atoms with Crippen molar-refractivity contribution >= 4 is 5.78 Å². The van der Waals surface area contributed by atoms with Crippen LogP contribution >= 0.6 is 0 Å². The van der Waals surface area contributed by atoms with E-state index in [4.69, 9.17) is 0 Å². The Morgan fingerprint density at radius 1 is 1.35 bits per heavy atom. The minimum absolute atomic E-state index is 0.0846. The number of halogens is 1. The number of ketones is 1. The number of phenolic OH excluding ortho intramolecular Hbond substituents is 1. The molecule has 122 valence electrons. The number of carbonyl (C=O) groups excluding carboxylic acids is 1. The topological polar surface area (TPSA) is 57.5 Å². The van der Waals surface area contributed by atoms with Crippen molar-refractivity contribution in [1.29, 1.82) is 0 Å². The fourth-order valence-corrected chi connectivity index (χ4v) is 5.45. The van der Waals surface area contributed by atoms with Gasteiger partial charge in [-0.1, -0.05) is 6.08 Å². The van der Waals surface area contributed by atoms with Gasteiger partial charge in [0.15, 0.2) is 17.3 Å². The first kappa shape index (κ1) is 14.9. The molecule has 0 aliphatic heterocycles. The minimum Gasteiger partial charge on any atom is -0.505 e. The number of benzene rings is 1. The average Bonchev–Trinajstić information content (AvgIpc) is 2.80. The van der Waals surface area contributed by atoms with Gasteiger partial charge in [-0.3, -0.25) is 4.79 Å². The molecule has 0 heterocycles. The summed E-state index contributed by atoms with van der Waals surface area (Å²) in [6.07, 6.45) is 4.49. The molecule has 2 saturated carbocycles. The van der Waals surface area contributed by atoms with Crippen molar-refractivity contribution < 1.29 is 19.4 Å². The number of fused-ring (bicyclic) bond motifs is 5. The van der Waals surface area contributed by atoms with Gasteiger partial charge in [-0.2, -0.15) is 0 Å². The number of aryl methyl sites for hydroxylation is 1. The van der Waals surface area contributed by atoms with E-state index in [1.165, 1.54) is 6.07 Å². The standard InChI is InChI=1S/C19H21FO3/c1-2-19-6-5-11-12(14(19)9-17(22)18(19)23)4-3-10-7-16(21)15(20)8-13(10)11/h2,7-8,11-12,14,17,21-22H,1,3-6,9H2/t11-,12+,14-,17?,19-/m0/s1. The molecule has 23 heavy (non-hydrogen) atoms. The lowest BCUT2D eigenvalue weighted by Crippen LogP contribution is -2.43. The average molecular weight is 316 g/mol. The van der Waals surface area contributed by atoms with Crippen LogP contribution < -0.4 is 0 Å². The van der Waals surface area contributed by atoms with Crippen molar-refractivity contribution in [3.8, 4) is 5.75 Å². The third kappa shape index (κ3) is 1.87. The maximum atomic E-state index is 13.8. The van der Waals surface area contributed by atoms with Gasteiger partial charge >= 0.3 is 0 Å². The second-order valence-corrected chi connectivity index (χ2v) is 7.32. The maximum Gasteiger partial charge on any atom is 0.171 e. The summed E-state index contributed by atoms with van der Waals surface area (Å²) in [5.74, 6) is -0.397. The van der Waals surface area contributed by atoms with Crippen LogP contribution in [-0.4, -0.2) is 22.1 Å². The maximum absolute atomic E-state index is 13.8. The van der Waals surface area contributed by atoms with E-state index in [2.05, 4.69) is 6.58 Å². The lowest BCUT2D eigenvalue weighted by atomic mass is 9.55. The SMILES string of the molecule is C=C[C@]12CC[C@@H]3c4cc(F)c(O)cc4CC[C@H]3[C@@H]1CC(O)C2=O. The molecule has 1 aromatic rings. The van der Waals surface area contributed by atoms with E-state index in [0.717, 1.165) is 30.4 Å². The van der Waals surface area contributed by atoms with Gasteiger partial charge in [0, 0.05) is 0 Å². The minimum atomic E-state index is -0.894. The normalized spacial score (nSPS) is 38.6. The van der Waals surface area contributed by atoms with Gasteiger partial charge in [-0.15, -0.1) is 6.58 Å². The fraction of sp³-hybridized carbons (Fsp3) is 0.526. The van der Waals surface area contributed by atoms with Crippen molar-refractivity contribution in [2.75, 3.05) is 0 Å². The number of allylic oxidation sites excluding steroid dienone is 1. The zero-order chi connectivity index (χ0) is 16.4. The summed E-state index contributed by atoms with van der Waals surface area (Å²) in [6.45, 7) is 3.89. The Morgan fingerprint density at radius 2 is 2.13 bits per heavy atom. The summed E-state index contributed by atoms with van der Waals surface area (Å²) in [4.78, 5) is 12.5. The summed E-state index contributed by atoms with van der Waals surface area (Å²) >= 11 is 0. The first-order chi connectivity index (χ1) is 11.0. The Hall–Kier alpha value is -1.68. The Bertz CT molecular complexity index is 698. The molecule has 0 radical (unpaired) electrons. The van der Waals surface area contributed by atoms with E-state index < -0.39 is 17.3 Å². The number of Topliss-reactive ketones (excluding diaryl/α,β-unsaturated/α-hetero) is 1. The lowest BCUT2D eigenvalue weighted by Gasteiger charge is -2.48. The van der Waals surface area contributed by atoms with Gasteiger partial charge < -0.3 is 10.2 Å². The molecule has 4 heteroatoms. The van der Waals surface area contributed by atoms with Crippen molar-refractivity contribution in [2.45, 2.75) is 44.1 Å². The number of hydrogen-bond donors (Lipinski definition) is 2. The molecule has 1 aromatic carbocycles. The number of aromatic hydroxyl groups is 1.